The predicted molar refractivity (Wildman–Crippen MR) is 55.8 cm³/mol. The van der Waals surface area contributed by atoms with Gasteiger partial charge in [-0.1, -0.05) is 31.5 Å². The van der Waals surface area contributed by atoms with Gasteiger partial charge >= 0.3 is 0 Å². The van der Waals surface area contributed by atoms with Crippen LogP contribution in [0.2, 0.25) is 5.02 Å². The maximum absolute atomic E-state index is 5.90. The molecule has 0 N–H and O–H groups in total. The van der Waals surface area contributed by atoms with Crippen LogP contribution in [0.4, 0.5) is 0 Å². The number of rotatable bonds is 1. The molecule has 13 heavy (non-hydrogen) atoms. The third kappa shape index (κ3) is 1.49. The summed E-state index contributed by atoms with van der Waals surface area (Å²) in [7, 11) is 0. The highest BCUT2D eigenvalue weighted by Crippen LogP contribution is 2.32. The second kappa shape index (κ2) is 3.15. The van der Waals surface area contributed by atoms with Crippen molar-refractivity contribution in [3.8, 4) is 0 Å². The fourth-order valence-corrected chi connectivity index (χ4v) is 1.90. The van der Waals surface area contributed by atoms with E-state index in [2.05, 4.69) is 24.9 Å². The van der Waals surface area contributed by atoms with Crippen molar-refractivity contribution in [2.45, 2.75) is 20.3 Å². The summed E-state index contributed by atoms with van der Waals surface area (Å²) in [6.07, 6.45) is 4.93. The molecule has 68 valence electrons. The van der Waals surface area contributed by atoms with E-state index in [0.717, 1.165) is 17.1 Å². The minimum Gasteiger partial charge on any atom is -0.259 e. The maximum Gasteiger partial charge on any atom is 0.0595 e. The topological polar surface area (TPSA) is 12.9 Å². The van der Waals surface area contributed by atoms with Crippen LogP contribution < -0.4 is 0 Å². The average Bonchev–Trinajstić information content (AvgIpc) is 2.46. The maximum atomic E-state index is 5.90. The lowest BCUT2D eigenvalue weighted by atomic mass is 9.99. The zero-order chi connectivity index (χ0) is 9.42. The lowest BCUT2D eigenvalue weighted by molar-refractivity contribution is 0.857. The van der Waals surface area contributed by atoms with Crippen LogP contribution in [0.15, 0.2) is 18.3 Å². The van der Waals surface area contributed by atoms with Crippen molar-refractivity contribution in [1.82, 2.24) is 4.98 Å². The fraction of sp³-hybridized carbons (Fsp3) is 0.364. The number of fused-ring (bicyclic) bond motifs is 1. The summed E-state index contributed by atoms with van der Waals surface area (Å²) >= 11 is 5.90. The zero-order valence-electron chi connectivity index (χ0n) is 7.84. The number of nitrogens with zero attached hydrogens (tertiary/aromatic N) is 1. The monoisotopic (exact) mass is 193 g/mol. The lowest BCUT2D eigenvalue weighted by Gasteiger charge is -2.08. The smallest absolute Gasteiger partial charge is 0.0595 e. The fourth-order valence-electron chi connectivity index (χ4n) is 1.74. The minimum absolute atomic E-state index is 0.557. The van der Waals surface area contributed by atoms with E-state index in [1.54, 1.807) is 6.20 Å². The first-order chi connectivity index (χ1) is 6.18. The summed E-state index contributed by atoms with van der Waals surface area (Å²) in [6, 6.07) is 2.02. The van der Waals surface area contributed by atoms with Crippen LogP contribution in [0.25, 0.3) is 5.57 Å². The molecule has 0 spiro atoms. The molecule has 1 aliphatic carbocycles. The Kier molecular flexibility index (Phi) is 2.12. The SMILES string of the molecule is CC(C)C1=CCc2ncc(Cl)cc21. The Balaban J connectivity index is 2.48. The highest BCUT2D eigenvalue weighted by Gasteiger charge is 2.17. The Bertz CT molecular complexity index is 366. The largest absolute Gasteiger partial charge is 0.259 e. The molecule has 0 unspecified atom stereocenters. The number of hydrogen-bond acceptors (Lipinski definition) is 1. The van der Waals surface area contributed by atoms with E-state index >= 15 is 0 Å². The molecule has 1 aromatic heterocycles. The van der Waals surface area contributed by atoms with Crippen LogP contribution >= 0.6 is 11.6 Å². The van der Waals surface area contributed by atoms with Gasteiger partial charge in [-0.05, 0) is 17.6 Å². The molecule has 1 nitrogen and oxygen atoms in total. The second-order valence-corrected chi connectivity index (χ2v) is 4.10. The Morgan fingerprint density at radius 3 is 2.92 bits per heavy atom. The highest BCUT2D eigenvalue weighted by molar-refractivity contribution is 6.30. The van der Waals surface area contributed by atoms with E-state index in [4.69, 9.17) is 11.6 Å². The standard InChI is InChI=1S/C11H12ClN/c1-7(2)9-3-4-11-10(9)5-8(12)6-13-11/h3,5-7H,4H2,1-2H3. The van der Waals surface area contributed by atoms with E-state index < -0.39 is 0 Å². The first-order valence-electron chi connectivity index (χ1n) is 4.53. The molecule has 0 aromatic carbocycles. The molecule has 0 amide bonds. The van der Waals surface area contributed by atoms with Crippen LogP contribution in [-0.4, -0.2) is 4.98 Å². The van der Waals surface area contributed by atoms with Gasteiger partial charge in [0, 0.05) is 18.2 Å². The van der Waals surface area contributed by atoms with Crippen LogP contribution in [0.5, 0.6) is 0 Å². The Labute approximate surface area is 83.4 Å². The Morgan fingerprint density at radius 1 is 1.46 bits per heavy atom. The van der Waals surface area contributed by atoms with Crippen molar-refractivity contribution in [3.05, 3.63) is 34.6 Å². The van der Waals surface area contributed by atoms with Gasteiger partial charge in [0.05, 0.1) is 10.7 Å². The van der Waals surface area contributed by atoms with Crippen molar-refractivity contribution >= 4 is 17.2 Å². The van der Waals surface area contributed by atoms with Gasteiger partial charge in [-0.25, -0.2) is 0 Å². The van der Waals surface area contributed by atoms with E-state index in [1.807, 2.05) is 6.07 Å². The summed E-state index contributed by atoms with van der Waals surface area (Å²) in [5, 5.41) is 0.729. The normalized spacial score (nSPS) is 14.6. The molecule has 0 atom stereocenters. The van der Waals surface area contributed by atoms with E-state index in [9.17, 15) is 0 Å². The van der Waals surface area contributed by atoms with Crippen molar-refractivity contribution in [2.24, 2.45) is 5.92 Å². The van der Waals surface area contributed by atoms with E-state index in [0.29, 0.717) is 5.92 Å². The van der Waals surface area contributed by atoms with Crippen LogP contribution in [0.1, 0.15) is 25.1 Å². The molecule has 1 heterocycles. The molecule has 0 radical (unpaired) electrons. The molecule has 1 aliphatic rings. The Morgan fingerprint density at radius 2 is 2.23 bits per heavy atom. The molecule has 1 aromatic rings. The molecule has 0 aliphatic heterocycles. The van der Waals surface area contributed by atoms with E-state index in [-0.39, 0.29) is 0 Å². The summed E-state index contributed by atoms with van der Waals surface area (Å²) in [4.78, 5) is 4.31. The van der Waals surface area contributed by atoms with Crippen molar-refractivity contribution < 1.29 is 0 Å². The Hall–Kier alpha value is -0.820. The van der Waals surface area contributed by atoms with Crippen LogP contribution in [0.3, 0.4) is 0 Å². The lowest BCUT2D eigenvalue weighted by Crippen LogP contribution is -1.93. The number of halogens is 1. The summed E-state index contributed by atoms with van der Waals surface area (Å²) in [6.45, 7) is 4.39. The van der Waals surface area contributed by atoms with Gasteiger partial charge in [0.15, 0.2) is 0 Å². The zero-order valence-corrected chi connectivity index (χ0v) is 8.60. The molecule has 0 saturated heterocycles. The minimum atomic E-state index is 0.557. The van der Waals surface area contributed by atoms with Gasteiger partial charge in [-0.15, -0.1) is 0 Å². The molecule has 0 saturated carbocycles. The number of aromatic nitrogens is 1. The second-order valence-electron chi connectivity index (χ2n) is 3.67. The predicted octanol–water partition coefficient (Wildman–Crippen LogP) is 3.33. The summed E-state index contributed by atoms with van der Waals surface area (Å²) in [5.74, 6) is 0.557. The third-order valence-electron chi connectivity index (χ3n) is 2.39. The molecule has 2 heteroatoms. The van der Waals surface area contributed by atoms with E-state index in [1.165, 1.54) is 11.1 Å². The van der Waals surface area contributed by atoms with Gasteiger partial charge in [0.2, 0.25) is 0 Å². The van der Waals surface area contributed by atoms with Gasteiger partial charge in [-0.3, -0.25) is 4.98 Å². The highest BCUT2D eigenvalue weighted by atomic mass is 35.5. The van der Waals surface area contributed by atoms with Crippen molar-refractivity contribution in [1.29, 1.82) is 0 Å². The first kappa shape index (κ1) is 8.76. The molecular formula is C11H12ClN. The van der Waals surface area contributed by atoms with Gasteiger partial charge < -0.3 is 0 Å². The number of hydrogen-bond donors (Lipinski definition) is 0. The van der Waals surface area contributed by atoms with Crippen molar-refractivity contribution in [3.63, 3.8) is 0 Å². The van der Waals surface area contributed by atoms with Crippen molar-refractivity contribution in [2.75, 3.05) is 0 Å². The summed E-state index contributed by atoms with van der Waals surface area (Å²) in [5.41, 5.74) is 3.78. The van der Waals surface area contributed by atoms with Gasteiger partial charge in [0.25, 0.3) is 0 Å². The molecule has 0 bridgehead atoms. The molecule has 2 rings (SSSR count). The quantitative estimate of drug-likeness (QED) is 0.667. The third-order valence-corrected chi connectivity index (χ3v) is 2.59. The number of pyridine rings is 1. The average molecular weight is 194 g/mol. The molecule has 0 fully saturated rings. The van der Waals surface area contributed by atoms with Gasteiger partial charge in [0.1, 0.15) is 0 Å². The van der Waals surface area contributed by atoms with Crippen LogP contribution in [0, 0.1) is 5.92 Å². The summed E-state index contributed by atoms with van der Waals surface area (Å²) < 4.78 is 0. The van der Waals surface area contributed by atoms with Gasteiger partial charge in [-0.2, -0.15) is 0 Å². The van der Waals surface area contributed by atoms with Crippen LogP contribution in [-0.2, 0) is 6.42 Å². The first-order valence-corrected chi connectivity index (χ1v) is 4.91. The number of allylic oxidation sites excluding steroid dienone is 2. The molecular weight excluding hydrogens is 182 g/mol.